The van der Waals surface area contributed by atoms with E-state index in [-0.39, 0.29) is 0 Å². The average molecular weight is 296 g/mol. The minimum Gasteiger partial charge on any atom is -0.480 e. The molecule has 4 heteroatoms. The summed E-state index contributed by atoms with van der Waals surface area (Å²) in [6.07, 6.45) is 9.09. The van der Waals surface area contributed by atoms with Crippen molar-refractivity contribution in [2.45, 2.75) is 76.8 Å². The predicted molar refractivity (Wildman–Crippen MR) is 85.5 cm³/mol. The second kappa shape index (κ2) is 7.59. The summed E-state index contributed by atoms with van der Waals surface area (Å²) in [5.41, 5.74) is -0.692. The van der Waals surface area contributed by atoms with Crippen LogP contribution >= 0.6 is 0 Å². The summed E-state index contributed by atoms with van der Waals surface area (Å²) in [5, 5.41) is 13.4. The number of carboxylic acid groups (broad SMARTS) is 1. The van der Waals surface area contributed by atoms with E-state index in [4.69, 9.17) is 0 Å². The van der Waals surface area contributed by atoms with Gasteiger partial charge in [-0.1, -0.05) is 26.7 Å². The molecule has 0 aromatic heterocycles. The number of nitrogens with one attached hydrogen (secondary N) is 1. The van der Waals surface area contributed by atoms with Crippen molar-refractivity contribution in [2.75, 3.05) is 19.6 Å². The highest BCUT2D eigenvalue weighted by Crippen LogP contribution is 2.42. The van der Waals surface area contributed by atoms with Gasteiger partial charge in [0.1, 0.15) is 5.54 Å². The molecule has 0 spiro atoms. The first-order valence-electron chi connectivity index (χ1n) is 8.85. The van der Waals surface area contributed by atoms with E-state index in [0.717, 1.165) is 51.6 Å². The van der Waals surface area contributed by atoms with Crippen LogP contribution in [-0.4, -0.2) is 47.2 Å². The lowest BCUT2D eigenvalue weighted by Gasteiger charge is -2.36. The van der Waals surface area contributed by atoms with Crippen LogP contribution in [0.4, 0.5) is 0 Å². The van der Waals surface area contributed by atoms with Crippen molar-refractivity contribution in [3.05, 3.63) is 0 Å². The van der Waals surface area contributed by atoms with Crippen LogP contribution in [0.5, 0.6) is 0 Å². The molecule has 2 rings (SSSR count). The van der Waals surface area contributed by atoms with Crippen molar-refractivity contribution in [3.63, 3.8) is 0 Å². The third-order valence-electron chi connectivity index (χ3n) is 4.82. The molecule has 2 aliphatic carbocycles. The molecule has 122 valence electrons. The third-order valence-corrected chi connectivity index (χ3v) is 4.82. The Kier molecular flexibility index (Phi) is 6.06. The predicted octanol–water partition coefficient (Wildman–Crippen LogP) is 2.87. The molecule has 0 aromatic rings. The molecule has 2 N–H and O–H groups in total. The summed E-state index contributed by atoms with van der Waals surface area (Å²) >= 11 is 0. The zero-order valence-corrected chi connectivity index (χ0v) is 13.7. The number of hydrogen-bond donors (Lipinski definition) is 2. The molecule has 2 fully saturated rings. The molecule has 0 bridgehead atoms. The van der Waals surface area contributed by atoms with Gasteiger partial charge in [0.05, 0.1) is 0 Å². The zero-order valence-electron chi connectivity index (χ0n) is 13.7. The normalized spacial score (nSPS) is 21.5. The highest BCUT2D eigenvalue weighted by Gasteiger charge is 2.53. The van der Waals surface area contributed by atoms with E-state index in [2.05, 4.69) is 24.1 Å². The van der Waals surface area contributed by atoms with Crippen molar-refractivity contribution >= 4 is 5.97 Å². The van der Waals surface area contributed by atoms with Crippen LogP contribution in [0, 0.1) is 5.92 Å². The maximum absolute atomic E-state index is 12.1. The number of hydrogen-bond acceptors (Lipinski definition) is 3. The van der Waals surface area contributed by atoms with E-state index in [1.54, 1.807) is 0 Å². The van der Waals surface area contributed by atoms with Crippen molar-refractivity contribution in [3.8, 4) is 0 Å². The number of carboxylic acids is 1. The Hall–Kier alpha value is -0.610. The molecule has 4 nitrogen and oxygen atoms in total. The van der Waals surface area contributed by atoms with Gasteiger partial charge in [0.25, 0.3) is 0 Å². The van der Waals surface area contributed by atoms with Crippen LogP contribution in [0.1, 0.15) is 65.2 Å². The highest BCUT2D eigenvalue weighted by molar-refractivity contribution is 5.80. The number of unbranched alkanes of at least 4 members (excludes halogenated alkanes) is 2. The third kappa shape index (κ3) is 4.68. The fourth-order valence-corrected chi connectivity index (χ4v) is 3.15. The summed E-state index contributed by atoms with van der Waals surface area (Å²) < 4.78 is 0. The maximum atomic E-state index is 12.1. The minimum atomic E-state index is -0.692. The monoisotopic (exact) mass is 296 g/mol. The Morgan fingerprint density at radius 1 is 1.14 bits per heavy atom. The summed E-state index contributed by atoms with van der Waals surface area (Å²) in [4.78, 5) is 14.5. The van der Waals surface area contributed by atoms with Crippen LogP contribution < -0.4 is 5.32 Å². The van der Waals surface area contributed by atoms with E-state index < -0.39 is 11.5 Å². The van der Waals surface area contributed by atoms with E-state index in [0.29, 0.717) is 18.5 Å². The van der Waals surface area contributed by atoms with Crippen molar-refractivity contribution < 1.29 is 9.90 Å². The van der Waals surface area contributed by atoms with Crippen LogP contribution in [0.15, 0.2) is 0 Å². The molecule has 0 aromatic carbocycles. The fraction of sp³-hybridized carbons (Fsp3) is 0.941. The molecule has 2 saturated carbocycles. The van der Waals surface area contributed by atoms with Gasteiger partial charge in [-0.05, 0) is 57.5 Å². The summed E-state index contributed by atoms with van der Waals surface area (Å²) in [5.74, 6) is -0.295. The van der Waals surface area contributed by atoms with Crippen molar-refractivity contribution in [2.24, 2.45) is 5.92 Å². The molecule has 0 radical (unpaired) electrons. The summed E-state index contributed by atoms with van der Waals surface area (Å²) in [6, 6.07) is 0.445. The molecular weight excluding hydrogens is 264 g/mol. The first-order chi connectivity index (χ1) is 10.1. The van der Waals surface area contributed by atoms with Crippen LogP contribution in [-0.2, 0) is 4.79 Å². The average Bonchev–Trinajstić information content (AvgIpc) is 3.33. The Bertz CT molecular complexity index is 332. The van der Waals surface area contributed by atoms with Gasteiger partial charge in [0, 0.05) is 12.6 Å². The van der Waals surface area contributed by atoms with E-state index in [9.17, 15) is 9.90 Å². The SMILES string of the molecule is CCCCN(CCCC)CC(NC1CC1)(C(=O)O)C1CC1. The number of rotatable bonds is 12. The fourth-order valence-electron chi connectivity index (χ4n) is 3.15. The molecule has 0 heterocycles. The molecule has 0 amide bonds. The van der Waals surface area contributed by atoms with Gasteiger partial charge in [-0.15, -0.1) is 0 Å². The maximum Gasteiger partial charge on any atom is 0.325 e. The molecule has 1 unspecified atom stereocenters. The van der Waals surface area contributed by atoms with Crippen molar-refractivity contribution in [1.82, 2.24) is 10.2 Å². The Balaban J connectivity index is 2.03. The molecule has 2 aliphatic rings. The lowest BCUT2D eigenvalue weighted by molar-refractivity contribution is -0.147. The first kappa shape index (κ1) is 16.8. The van der Waals surface area contributed by atoms with Crippen LogP contribution in [0.2, 0.25) is 0 Å². The smallest absolute Gasteiger partial charge is 0.325 e. The van der Waals surface area contributed by atoms with Gasteiger partial charge in [-0.25, -0.2) is 0 Å². The lowest BCUT2D eigenvalue weighted by Crippen LogP contribution is -2.61. The van der Waals surface area contributed by atoms with E-state index in [1.165, 1.54) is 12.8 Å². The van der Waals surface area contributed by atoms with Crippen LogP contribution in [0.25, 0.3) is 0 Å². The summed E-state index contributed by atoms with van der Waals surface area (Å²) in [6.45, 7) is 7.15. The highest BCUT2D eigenvalue weighted by atomic mass is 16.4. The van der Waals surface area contributed by atoms with Gasteiger partial charge in [0.2, 0.25) is 0 Å². The number of aliphatic carboxylic acids is 1. The minimum absolute atomic E-state index is 0.335. The van der Waals surface area contributed by atoms with Gasteiger partial charge in [-0.2, -0.15) is 0 Å². The standard InChI is InChI=1S/C17H32N2O2/c1-3-5-11-19(12-6-4-2)13-17(16(20)21,14-7-8-14)18-15-9-10-15/h14-15,18H,3-13H2,1-2H3,(H,20,21). The van der Waals surface area contributed by atoms with Gasteiger partial charge in [-0.3, -0.25) is 10.1 Å². The number of nitrogens with zero attached hydrogens (tertiary/aromatic N) is 1. The zero-order chi connectivity index (χ0) is 15.3. The topological polar surface area (TPSA) is 52.6 Å². The van der Waals surface area contributed by atoms with Gasteiger partial charge < -0.3 is 10.0 Å². The molecular formula is C17H32N2O2. The first-order valence-corrected chi connectivity index (χ1v) is 8.85. The Labute approximate surface area is 129 Å². The lowest BCUT2D eigenvalue weighted by atomic mass is 9.91. The van der Waals surface area contributed by atoms with E-state index >= 15 is 0 Å². The van der Waals surface area contributed by atoms with E-state index in [1.807, 2.05) is 0 Å². The van der Waals surface area contributed by atoms with Crippen molar-refractivity contribution in [1.29, 1.82) is 0 Å². The second-order valence-corrected chi connectivity index (χ2v) is 6.95. The molecule has 1 atom stereocenters. The molecule has 21 heavy (non-hydrogen) atoms. The van der Waals surface area contributed by atoms with Crippen LogP contribution in [0.3, 0.4) is 0 Å². The second-order valence-electron chi connectivity index (χ2n) is 6.95. The van der Waals surface area contributed by atoms with Gasteiger partial charge in [0.15, 0.2) is 0 Å². The Morgan fingerprint density at radius 3 is 2.10 bits per heavy atom. The quantitative estimate of drug-likeness (QED) is 0.581. The molecule has 0 saturated heterocycles. The summed E-state index contributed by atoms with van der Waals surface area (Å²) in [7, 11) is 0. The Morgan fingerprint density at radius 2 is 1.71 bits per heavy atom. The van der Waals surface area contributed by atoms with Gasteiger partial charge >= 0.3 is 5.97 Å². The largest absolute Gasteiger partial charge is 0.480 e. The number of carbonyl (C=O) groups is 1. The molecule has 0 aliphatic heterocycles.